The van der Waals surface area contributed by atoms with Gasteiger partial charge in [-0.1, -0.05) is 6.58 Å². The molecule has 0 bridgehead atoms. The average Bonchev–Trinajstić information content (AvgIpc) is 2.32. The van der Waals surface area contributed by atoms with E-state index >= 15 is 0 Å². The highest BCUT2D eigenvalue weighted by molar-refractivity contribution is 5.86. The molecule has 0 spiro atoms. The fraction of sp³-hybridized carbons (Fsp3) is 0.636. The summed E-state index contributed by atoms with van der Waals surface area (Å²) in [4.78, 5) is 19.7. The lowest BCUT2D eigenvalue weighted by Gasteiger charge is -2.07. The summed E-state index contributed by atoms with van der Waals surface area (Å²) in [6, 6.07) is 1.86. The highest BCUT2D eigenvalue weighted by atomic mass is 17.2. The molecule has 0 N–H and O–H groups in total. The number of carbonyl (C=O) groups excluding carboxylic acids is 1. The molecule has 0 aromatic heterocycles. The molecule has 1 heterocycles. The van der Waals surface area contributed by atoms with Crippen molar-refractivity contribution in [1.29, 1.82) is 5.26 Å². The Morgan fingerprint density at radius 2 is 2.00 bits per heavy atom. The van der Waals surface area contributed by atoms with Crippen molar-refractivity contribution in [3.05, 3.63) is 12.2 Å². The molecule has 0 aromatic carbocycles. The van der Waals surface area contributed by atoms with Crippen LogP contribution in [-0.2, 0) is 19.3 Å². The van der Waals surface area contributed by atoms with E-state index in [1.54, 1.807) is 6.92 Å². The van der Waals surface area contributed by atoms with Crippen molar-refractivity contribution >= 4 is 5.97 Å². The zero-order chi connectivity index (χ0) is 12.2. The molecule has 90 valence electrons. The van der Waals surface area contributed by atoms with Gasteiger partial charge in [-0.2, -0.15) is 5.26 Å². The van der Waals surface area contributed by atoms with Crippen LogP contribution in [0.3, 0.4) is 0 Å². The van der Waals surface area contributed by atoms with E-state index in [0.29, 0.717) is 5.57 Å². The lowest BCUT2D eigenvalue weighted by Crippen LogP contribution is -2.05. The number of hydrogen-bond donors (Lipinski definition) is 0. The molecule has 1 fully saturated rings. The van der Waals surface area contributed by atoms with Crippen LogP contribution in [-0.4, -0.2) is 25.8 Å². The van der Waals surface area contributed by atoms with Crippen LogP contribution >= 0.6 is 0 Å². The summed E-state index contributed by atoms with van der Waals surface area (Å²) in [5.41, 5.74) is 0.359. The second kappa shape index (κ2) is 10.1. The summed E-state index contributed by atoms with van der Waals surface area (Å²) in [7, 11) is 0. The van der Waals surface area contributed by atoms with E-state index in [1.165, 1.54) is 0 Å². The molecule has 16 heavy (non-hydrogen) atoms. The molecule has 5 heteroatoms. The van der Waals surface area contributed by atoms with E-state index < -0.39 is 5.97 Å². The minimum absolute atomic E-state index is 0.155. The molecule has 0 saturated carbocycles. The fourth-order valence-electron chi connectivity index (χ4n) is 0.752. The van der Waals surface area contributed by atoms with Crippen molar-refractivity contribution in [2.75, 3.05) is 19.8 Å². The van der Waals surface area contributed by atoms with Gasteiger partial charge in [-0.05, 0) is 19.8 Å². The second-order valence-electron chi connectivity index (χ2n) is 3.18. The smallest absolute Gasteiger partial charge is 0.333 e. The van der Waals surface area contributed by atoms with Crippen molar-refractivity contribution in [2.24, 2.45) is 0 Å². The van der Waals surface area contributed by atoms with Gasteiger partial charge in [-0.15, -0.1) is 0 Å². The SMILES string of the molecule is C1CCOOC1.C=C(C)C(=O)OCCC#N. The first-order valence-corrected chi connectivity index (χ1v) is 5.12. The minimum atomic E-state index is -0.435. The van der Waals surface area contributed by atoms with Crippen LogP contribution in [0.4, 0.5) is 0 Å². The van der Waals surface area contributed by atoms with E-state index in [2.05, 4.69) is 21.1 Å². The van der Waals surface area contributed by atoms with Crippen LogP contribution in [0.15, 0.2) is 12.2 Å². The molecular formula is C11H17NO4. The Morgan fingerprint density at radius 1 is 1.44 bits per heavy atom. The van der Waals surface area contributed by atoms with Gasteiger partial charge in [-0.3, -0.25) is 0 Å². The quantitative estimate of drug-likeness (QED) is 0.318. The lowest BCUT2D eigenvalue weighted by atomic mass is 10.3. The number of nitrogens with zero attached hydrogens (tertiary/aromatic N) is 1. The predicted octanol–water partition coefficient (Wildman–Crippen LogP) is 1.75. The van der Waals surface area contributed by atoms with Gasteiger partial charge in [-0.25, -0.2) is 14.6 Å². The minimum Gasteiger partial charge on any atom is -0.461 e. The Bertz CT molecular complexity index is 242. The Hall–Kier alpha value is -1.38. The molecule has 0 aliphatic carbocycles. The highest BCUT2D eigenvalue weighted by Gasteiger charge is 2.00. The van der Waals surface area contributed by atoms with Crippen LogP contribution in [0.2, 0.25) is 0 Å². The van der Waals surface area contributed by atoms with Crippen LogP contribution in [0.5, 0.6) is 0 Å². The topological polar surface area (TPSA) is 68.6 Å². The summed E-state index contributed by atoms with van der Waals surface area (Å²) in [6.07, 6.45) is 2.54. The third kappa shape index (κ3) is 9.19. The highest BCUT2D eigenvalue weighted by Crippen LogP contribution is 1.97. The van der Waals surface area contributed by atoms with Crippen LogP contribution < -0.4 is 0 Å². The van der Waals surface area contributed by atoms with Crippen LogP contribution in [0, 0.1) is 11.3 Å². The standard InChI is InChI=1S/C7H9NO2.C4H8O2/c1-6(2)7(9)10-5-3-4-8;1-2-4-6-5-3-1/h1,3,5H2,2H3;1-4H2. The van der Waals surface area contributed by atoms with E-state index in [-0.39, 0.29) is 13.0 Å². The van der Waals surface area contributed by atoms with E-state index in [4.69, 9.17) is 5.26 Å². The fourth-order valence-corrected chi connectivity index (χ4v) is 0.752. The summed E-state index contributed by atoms with van der Waals surface area (Å²) in [6.45, 7) is 6.65. The van der Waals surface area contributed by atoms with Crippen molar-refractivity contribution in [3.8, 4) is 6.07 Å². The van der Waals surface area contributed by atoms with Gasteiger partial charge in [0.25, 0.3) is 0 Å². The maximum atomic E-state index is 10.6. The molecule has 0 radical (unpaired) electrons. The maximum absolute atomic E-state index is 10.6. The van der Waals surface area contributed by atoms with E-state index in [0.717, 1.165) is 26.1 Å². The third-order valence-electron chi connectivity index (χ3n) is 1.58. The lowest BCUT2D eigenvalue weighted by molar-refractivity contribution is -0.312. The molecule has 0 amide bonds. The molecule has 1 saturated heterocycles. The second-order valence-corrected chi connectivity index (χ2v) is 3.18. The van der Waals surface area contributed by atoms with E-state index in [1.807, 2.05) is 6.07 Å². The van der Waals surface area contributed by atoms with Gasteiger partial charge < -0.3 is 4.74 Å². The van der Waals surface area contributed by atoms with Gasteiger partial charge in [0.2, 0.25) is 0 Å². The third-order valence-corrected chi connectivity index (χ3v) is 1.58. The molecule has 0 atom stereocenters. The first-order valence-electron chi connectivity index (χ1n) is 5.12. The number of nitriles is 1. The van der Waals surface area contributed by atoms with Gasteiger partial charge in [0.15, 0.2) is 0 Å². The van der Waals surface area contributed by atoms with Gasteiger partial charge in [0, 0.05) is 5.57 Å². The van der Waals surface area contributed by atoms with Crippen molar-refractivity contribution in [2.45, 2.75) is 26.2 Å². The molecule has 1 aliphatic rings. The largest absolute Gasteiger partial charge is 0.461 e. The maximum Gasteiger partial charge on any atom is 0.333 e. The number of carbonyl (C=O) groups is 1. The first-order chi connectivity index (χ1) is 7.68. The first kappa shape index (κ1) is 14.6. The van der Waals surface area contributed by atoms with Crippen LogP contribution in [0.1, 0.15) is 26.2 Å². The molecule has 1 rings (SSSR count). The summed E-state index contributed by atoms with van der Waals surface area (Å²) in [5.74, 6) is -0.435. The molecule has 5 nitrogen and oxygen atoms in total. The zero-order valence-corrected chi connectivity index (χ0v) is 9.53. The Morgan fingerprint density at radius 3 is 2.31 bits per heavy atom. The predicted molar refractivity (Wildman–Crippen MR) is 57.1 cm³/mol. The summed E-state index contributed by atoms with van der Waals surface area (Å²) in [5, 5.41) is 8.05. The van der Waals surface area contributed by atoms with Gasteiger partial charge >= 0.3 is 5.97 Å². The Kier molecular flexibility index (Phi) is 9.27. The van der Waals surface area contributed by atoms with Crippen molar-refractivity contribution < 1.29 is 19.3 Å². The molecule has 0 unspecified atom stereocenters. The molecule has 0 aromatic rings. The van der Waals surface area contributed by atoms with Crippen LogP contribution in [0.25, 0.3) is 0 Å². The van der Waals surface area contributed by atoms with Crippen molar-refractivity contribution in [1.82, 2.24) is 0 Å². The molecule has 1 aliphatic heterocycles. The number of ether oxygens (including phenoxy) is 1. The number of rotatable bonds is 3. The number of esters is 1. The van der Waals surface area contributed by atoms with E-state index in [9.17, 15) is 4.79 Å². The number of hydrogen-bond acceptors (Lipinski definition) is 5. The zero-order valence-electron chi connectivity index (χ0n) is 9.53. The monoisotopic (exact) mass is 227 g/mol. The normalized spacial score (nSPS) is 14.0. The average molecular weight is 227 g/mol. The summed E-state index contributed by atoms with van der Waals surface area (Å²) >= 11 is 0. The Balaban J connectivity index is 0.000000315. The summed E-state index contributed by atoms with van der Waals surface area (Å²) < 4.78 is 4.58. The van der Waals surface area contributed by atoms with Gasteiger partial charge in [0.05, 0.1) is 25.7 Å². The Labute approximate surface area is 95.5 Å². The van der Waals surface area contributed by atoms with Gasteiger partial charge in [0.1, 0.15) is 6.61 Å². The van der Waals surface area contributed by atoms with Crippen molar-refractivity contribution in [3.63, 3.8) is 0 Å². The molecular weight excluding hydrogens is 210 g/mol.